The molecule has 0 radical (unpaired) electrons. The molecule has 2 aliphatic rings. The maximum atomic E-state index is 5.57. The van der Waals surface area contributed by atoms with Crippen LogP contribution in [0.25, 0.3) is 0 Å². The third-order valence-electron chi connectivity index (χ3n) is 3.89. The summed E-state index contributed by atoms with van der Waals surface area (Å²) in [6.07, 6.45) is 7.19. The number of fused-ring (bicyclic) bond motifs is 1. The number of nitrogens with one attached hydrogen (secondary N) is 1. The van der Waals surface area contributed by atoms with Gasteiger partial charge in [0.2, 0.25) is 0 Å². The highest BCUT2D eigenvalue weighted by Crippen LogP contribution is 2.34. The molecular formula is C12H19N3O. The fourth-order valence-electron chi connectivity index (χ4n) is 3.05. The van der Waals surface area contributed by atoms with Gasteiger partial charge in [-0.2, -0.15) is 0 Å². The topological polar surface area (TPSA) is 39.1 Å². The van der Waals surface area contributed by atoms with E-state index in [1.807, 2.05) is 13.4 Å². The summed E-state index contributed by atoms with van der Waals surface area (Å²) < 4.78 is 7.95. The van der Waals surface area contributed by atoms with Crippen LogP contribution in [0.2, 0.25) is 0 Å². The number of ether oxygens (including phenoxy) is 1. The van der Waals surface area contributed by atoms with Crippen LogP contribution in [0.5, 0.6) is 0 Å². The molecule has 0 bridgehead atoms. The van der Waals surface area contributed by atoms with Crippen LogP contribution in [0.1, 0.15) is 36.7 Å². The maximum Gasteiger partial charge on any atom is 0.0955 e. The van der Waals surface area contributed by atoms with E-state index in [0.29, 0.717) is 12.1 Å². The predicted molar refractivity (Wildman–Crippen MR) is 61.3 cm³/mol. The van der Waals surface area contributed by atoms with E-state index < -0.39 is 0 Å². The van der Waals surface area contributed by atoms with Gasteiger partial charge < -0.3 is 14.6 Å². The van der Waals surface area contributed by atoms with Crippen molar-refractivity contribution in [2.75, 3.05) is 13.7 Å². The molecule has 1 aromatic heterocycles. The lowest BCUT2D eigenvalue weighted by Crippen LogP contribution is -2.28. The number of hydrogen-bond donors (Lipinski definition) is 1. The predicted octanol–water partition coefficient (Wildman–Crippen LogP) is 1.27. The molecule has 2 unspecified atom stereocenters. The monoisotopic (exact) mass is 221 g/mol. The van der Waals surface area contributed by atoms with E-state index in [-0.39, 0.29) is 0 Å². The van der Waals surface area contributed by atoms with Gasteiger partial charge in [0.25, 0.3) is 0 Å². The van der Waals surface area contributed by atoms with E-state index in [9.17, 15) is 0 Å². The van der Waals surface area contributed by atoms with Crippen molar-refractivity contribution < 1.29 is 4.74 Å². The SMILES string of the molecule is COC1CCCC1n1cnc2c1CCNC2. The zero-order valence-corrected chi connectivity index (χ0v) is 9.78. The standard InChI is InChI=1S/C12H19N3O/c1-16-12-4-2-3-11(12)15-8-14-9-7-13-6-5-10(9)15/h8,11-13H,2-7H2,1H3. The van der Waals surface area contributed by atoms with E-state index >= 15 is 0 Å². The fraction of sp³-hybridized carbons (Fsp3) is 0.750. The molecular weight excluding hydrogens is 202 g/mol. The number of nitrogens with zero attached hydrogens (tertiary/aromatic N) is 2. The van der Waals surface area contributed by atoms with Gasteiger partial charge in [-0.15, -0.1) is 0 Å². The lowest BCUT2D eigenvalue weighted by molar-refractivity contribution is 0.0739. The van der Waals surface area contributed by atoms with E-state index in [1.54, 1.807) is 0 Å². The Morgan fingerprint density at radius 2 is 2.44 bits per heavy atom. The van der Waals surface area contributed by atoms with Crippen molar-refractivity contribution in [3.05, 3.63) is 17.7 Å². The Morgan fingerprint density at radius 3 is 3.31 bits per heavy atom. The van der Waals surface area contributed by atoms with E-state index in [2.05, 4.69) is 14.9 Å². The molecule has 2 heterocycles. The largest absolute Gasteiger partial charge is 0.379 e. The molecule has 0 amide bonds. The average Bonchev–Trinajstić information content (AvgIpc) is 2.94. The molecule has 1 saturated carbocycles. The first-order chi connectivity index (χ1) is 7.90. The summed E-state index contributed by atoms with van der Waals surface area (Å²) in [5, 5.41) is 3.36. The highest BCUT2D eigenvalue weighted by atomic mass is 16.5. The van der Waals surface area contributed by atoms with Gasteiger partial charge in [0.15, 0.2) is 0 Å². The first-order valence-corrected chi connectivity index (χ1v) is 6.18. The third kappa shape index (κ3) is 1.57. The second-order valence-corrected chi connectivity index (χ2v) is 4.74. The van der Waals surface area contributed by atoms with E-state index in [0.717, 1.165) is 19.5 Å². The number of methoxy groups -OCH3 is 1. The summed E-state index contributed by atoms with van der Waals surface area (Å²) in [7, 11) is 1.83. The summed E-state index contributed by atoms with van der Waals surface area (Å²) in [5.74, 6) is 0. The smallest absolute Gasteiger partial charge is 0.0955 e. The molecule has 1 N–H and O–H groups in total. The molecule has 1 aliphatic heterocycles. The van der Waals surface area contributed by atoms with Crippen LogP contribution in [0, 0.1) is 0 Å². The molecule has 4 nitrogen and oxygen atoms in total. The Labute approximate surface area is 96.0 Å². The molecule has 1 aromatic rings. The van der Waals surface area contributed by atoms with Crippen molar-refractivity contribution in [3.63, 3.8) is 0 Å². The van der Waals surface area contributed by atoms with Crippen molar-refractivity contribution >= 4 is 0 Å². The number of rotatable bonds is 2. The Morgan fingerprint density at radius 1 is 1.50 bits per heavy atom. The van der Waals surface area contributed by atoms with E-state index in [4.69, 9.17) is 4.74 Å². The summed E-state index contributed by atoms with van der Waals surface area (Å²) in [5.41, 5.74) is 2.65. The maximum absolute atomic E-state index is 5.57. The van der Waals surface area contributed by atoms with Crippen molar-refractivity contribution in [2.45, 2.75) is 44.4 Å². The van der Waals surface area contributed by atoms with Crippen molar-refractivity contribution in [2.24, 2.45) is 0 Å². The van der Waals surface area contributed by atoms with Crippen LogP contribution in [0.4, 0.5) is 0 Å². The lowest BCUT2D eigenvalue weighted by Gasteiger charge is -2.23. The molecule has 0 saturated heterocycles. The number of aromatic nitrogens is 2. The summed E-state index contributed by atoms with van der Waals surface area (Å²) in [6, 6.07) is 0.513. The normalized spacial score (nSPS) is 29.3. The third-order valence-corrected chi connectivity index (χ3v) is 3.89. The van der Waals surface area contributed by atoms with Gasteiger partial charge in [0, 0.05) is 32.3 Å². The minimum absolute atomic E-state index is 0.383. The molecule has 16 heavy (non-hydrogen) atoms. The molecule has 3 rings (SSSR count). The average molecular weight is 221 g/mol. The Kier molecular flexibility index (Phi) is 2.69. The first kappa shape index (κ1) is 10.3. The van der Waals surface area contributed by atoms with Crippen LogP contribution >= 0.6 is 0 Å². The Bertz CT molecular complexity index is 374. The van der Waals surface area contributed by atoms with Crippen molar-refractivity contribution in [1.29, 1.82) is 0 Å². The number of imidazole rings is 1. The van der Waals surface area contributed by atoms with Gasteiger partial charge in [0.05, 0.1) is 24.2 Å². The highest BCUT2D eigenvalue weighted by molar-refractivity contribution is 5.17. The van der Waals surface area contributed by atoms with Crippen LogP contribution in [-0.4, -0.2) is 29.3 Å². The highest BCUT2D eigenvalue weighted by Gasteiger charge is 2.31. The van der Waals surface area contributed by atoms with Gasteiger partial charge in [-0.1, -0.05) is 0 Å². The summed E-state index contributed by atoms with van der Waals surface area (Å²) in [4.78, 5) is 4.51. The molecule has 2 atom stereocenters. The van der Waals surface area contributed by atoms with Crippen molar-refractivity contribution in [3.8, 4) is 0 Å². The van der Waals surface area contributed by atoms with Gasteiger partial charge in [-0.25, -0.2) is 4.98 Å². The first-order valence-electron chi connectivity index (χ1n) is 6.18. The summed E-state index contributed by atoms with van der Waals surface area (Å²) >= 11 is 0. The molecule has 0 aromatic carbocycles. The molecule has 4 heteroatoms. The number of hydrogen-bond acceptors (Lipinski definition) is 3. The zero-order valence-electron chi connectivity index (χ0n) is 9.78. The fourth-order valence-corrected chi connectivity index (χ4v) is 3.05. The lowest BCUT2D eigenvalue weighted by atomic mass is 10.1. The van der Waals surface area contributed by atoms with Gasteiger partial charge in [-0.05, 0) is 19.3 Å². The van der Waals surface area contributed by atoms with Gasteiger partial charge in [-0.3, -0.25) is 0 Å². The summed E-state index contributed by atoms with van der Waals surface area (Å²) in [6.45, 7) is 2.00. The second kappa shape index (κ2) is 4.18. The van der Waals surface area contributed by atoms with Crippen LogP contribution in [0.3, 0.4) is 0 Å². The van der Waals surface area contributed by atoms with Crippen LogP contribution in [-0.2, 0) is 17.7 Å². The van der Waals surface area contributed by atoms with Gasteiger partial charge in [0.1, 0.15) is 0 Å². The molecule has 0 spiro atoms. The van der Waals surface area contributed by atoms with Crippen LogP contribution < -0.4 is 5.32 Å². The van der Waals surface area contributed by atoms with E-state index in [1.165, 1.54) is 30.7 Å². The Balaban J connectivity index is 1.91. The zero-order chi connectivity index (χ0) is 11.0. The van der Waals surface area contributed by atoms with Gasteiger partial charge >= 0.3 is 0 Å². The molecule has 1 aliphatic carbocycles. The second-order valence-electron chi connectivity index (χ2n) is 4.74. The quantitative estimate of drug-likeness (QED) is 0.817. The minimum Gasteiger partial charge on any atom is -0.379 e. The van der Waals surface area contributed by atoms with Crippen molar-refractivity contribution in [1.82, 2.24) is 14.9 Å². The Hall–Kier alpha value is -0.870. The molecule has 1 fully saturated rings. The molecule has 88 valence electrons. The minimum atomic E-state index is 0.383. The van der Waals surface area contributed by atoms with Crippen LogP contribution in [0.15, 0.2) is 6.33 Å².